The second-order valence-corrected chi connectivity index (χ2v) is 2.30. The lowest BCUT2D eigenvalue weighted by atomic mass is 10.3. The van der Waals surface area contributed by atoms with Crippen molar-refractivity contribution in [3.63, 3.8) is 0 Å². The minimum Gasteiger partial charge on any atom is -0.450 e. The molecule has 0 aliphatic carbocycles. The van der Waals surface area contributed by atoms with Gasteiger partial charge in [0.1, 0.15) is 0 Å². The molecule has 0 saturated heterocycles. The molecule has 6 nitrogen and oxygen atoms in total. The minimum absolute atomic E-state index is 0. The molecule has 0 aliphatic heterocycles. The lowest BCUT2D eigenvalue weighted by molar-refractivity contribution is 0.135. The molecule has 0 radical (unpaired) electrons. The van der Waals surface area contributed by atoms with Gasteiger partial charge in [-0.2, -0.15) is 0 Å². The van der Waals surface area contributed by atoms with Crippen LogP contribution in [0.15, 0.2) is 0 Å². The summed E-state index contributed by atoms with van der Waals surface area (Å²) in [5.41, 5.74) is 0. The zero-order chi connectivity index (χ0) is 10.7. The van der Waals surface area contributed by atoms with E-state index in [4.69, 9.17) is 30.0 Å². The van der Waals surface area contributed by atoms with Gasteiger partial charge in [0.15, 0.2) is 0 Å². The maximum atomic E-state index is 8.56. The first kappa shape index (κ1) is 29.2. The Labute approximate surface area is 116 Å². The number of hydrogen-bond donors (Lipinski definition) is 4. The second kappa shape index (κ2) is 23.1. The van der Waals surface area contributed by atoms with Gasteiger partial charge in [-0.3, -0.25) is 0 Å². The van der Waals surface area contributed by atoms with Crippen molar-refractivity contribution in [3.05, 3.63) is 0 Å². The van der Waals surface area contributed by atoms with E-state index >= 15 is 0 Å². The standard InChI is InChI=1S/C4H10.2CH2O3.2HI/c1-4(2)3;2*2-1(3)4;;/h4H,1-3H3;2*(H2,2,3,4);2*1H. The summed E-state index contributed by atoms with van der Waals surface area (Å²) in [5, 5.41) is 27.9. The van der Waals surface area contributed by atoms with Crippen LogP contribution >= 0.6 is 48.0 Å². The highest BCUT2D eigenvalue weighted by atomic mass is 127. The Morgan fingerprint density at radius 2 is 0.786 bits per heavy atom. The number of hydrogen-bond acceptors (Lipinski definition) is 2. The summed E-state index contributed by atoms with van der Waals surface area (Å²) >= 11 is 0. The van der Waals surface area contributed by atoms with E-state index < -0.39 is 12.3 Å². The van der Waals surface area contributed by atoms with Crippen LogP contribution in [-0.4, -0.2) is 32.7 Å². The van der Waals surface area contributed by atoms with Crippen molar-refractivity contribution < 1.29 is 30.0 Å². The van der Waals surface area contributed by atoms with E-state index in [2.05, 4.69) is 20.8 Å². The van der Waals surface area contributed by atoms with Crippen LogP contribution in [0.1, 0.15) is 20.8 Å². The average molecular weight is 438 g/mol. The van der Waals surface area contributed by atoms with Crippen molar-refractivity contribution in [1.29, 1.82) is 0 Å². The molecule has 0 aliphatic rings. The van der Waals surface area contributed by atoms with Gasteiger partial charge in [-0.05, 0) is 5.92 Å². The summed E-state index contributed by atoms with van der Waals surface area (Å²) in [6.45, 7) is 6.50. The first-order valence-corrected chi connectivity index (χ1v) is 3.03. The molecule has 0 fully saturated rings. The van der Waals surface area contributed by atoms with E-state index in [0.717, 1.165) is 5.92 Å². The first-order chi connectivity index (χ1) is 5.20. The second-order valence-electron chi connectivity index (χ2n) is 2.30. The molecule has 0 spiro atoms. The summed E-state index contributed by atoms with van der Waals surface area (Å²) in [5.74, 6) is 0.833. The Morgan fingerprint density at radius 1 is 0.786 bits per heavy atom. The third kappa shape index (κ3) is 0. The third-order valence-corrected chi connectivity index (χ3v) is 0. The number of carbonyl (C=O) groups is 2. The molecule has 0 aromatic heterocycles. The van der Waals surface area contributed by atoms with Crippen molar-refractivity contribution in [2.24, 2.45) is 5.92 Å². The summed E-state index contributed by atoms with van der Waals surface area (Å²) in [7, 11) is 0. The molecular formula is C6H16I2O6. The van der Waals surface area contributed by atoms with E-state index in [1.165, 1.54) is 0 Å². The highest BCUT2D eigenvalue weighted by Gasteiger charge is 1.70. The van der Waals surface area contributed by atoms with Crippen LogP contribution in [0, 0.1) is 5.92 Å². The number of carboxylic acid groups (broad SMARTS) is 4. The predicted octanol–water partition coefficient (Wildman–Crippen LogP) is 3.34. The summed E-state index contributed by atoms with van der Waals surface area (Å²) in [4.78, 5) is 17.1. The largest absolute Gasteiger partial charge is 0.503 e. The number of rotatable bonds is 0. The zero-order valence-corrected chi connectivity index (χ0v) is 12.7. The first-order valence-electron chi connectivity index (χ1n) is 3.03. The van der Waals surface area contributed by atoms with Crippen LogP contribution in [0.25, 0.3) is 0 Å². The molecule has 0 aromatic carbocycles. The molecule has 0 saturated carbocycles. The van der Waals surface area contributed by atoms with Crippen molar-refractivity contribution in [2.75, 3.05) is 0 Å². The topological polar surface area (TPSA) is 115 Å². The van der Waals surface area contributed by atoms with Crippen LogP contribution in [0.2, 0.25) is 0 Å². The van der Waals surface area contributed by atoms with E-state index in [-0.39, 0.29) is 48.0 Å². The average Bonchev–Trinajstić information content (AvgIpc) is 1.54. The van der Waals surface area contributed by atoms with Crippen LogP contribution in [0.3, 0.4) is 0 Å². The molecule has 0 heterocycles. The fourth-order valence-corrected chi connectivity index (χ4v) is 0. The molecule has 0 rings (SSSR count). The molecule has 0 bridgehead atoms. The van der Waals surface area contributed by atoms with Gasteiger partial charge < -0.3 is 20.4 Å². The predicted molar refractivity (Wildman–Crippen MR) is 72.6 cm³/mol. The summed E-state index contributed by atoms with van der Waals surface area (Å²) in [6.07, 6.45) is -3.67. The van der Waals surface area contributed by atoms with Gasteiger partial charge in [-0.15, -0.1) is 48.0 Å². The van der Waals surface area contributed by atoms with E-state index in [1.54, 1.807) is 0 Å². The van der Waals surface area contributed by atoms with Crippen molar-refractivity contribution >= 4 is 60.3 Å². The molecule has 90 valence electrons. The lowest BCUT2D eigenvalue weighted by Gasteiger charge is -1.79. The molecule has 0 amide bonds. The van der Waals surface area contributed by atoms with E-state index in [1.807, 2.05) is 0 Å². The smallest absolute Gasteiger partial charge is 0.450 e. The molecule has 14 heavy (non-hydrogen) atoms. The van der Waals surface area contributed by atoms with Gasteiger partial charge >= 0.3 is 12.3 Å². The molecule has 0 atom stereocenters. The molecule has 8 heteroatoms. The van der Waals surface area contributed by atoms with E-state index in [9.17, 15) is 0 Å². The Morgan fingerprint density at radius 3 is 0.786 bits per heavy atom. The van der Waals surface area contributed by atoms with Crippen LogP contribution < -0.4 is 0 Å². The maximum absolute atomic E-state index is 8.56. The Kier molecular flexibility index (Phi) is 48.2. The molecule has 0 unspecified atom stereocenters. The SMILES string of the molecule is CC(C)C.I.I.O=C(O)O.O=C(O)O. The normalized spacial score (nSPS) is 6.00. The van der Waals surface area contributed by atoms with Gasteiger partial charge in [0.2, 0.25) is 0 Å². The fourth-order valence-electron chi connectivity index (χ4n) is 0. The van der Waals surface area contributed by atoms with Gasteiger partial charge in [0.05, 0.1) is 0 Å². The molecule has 0 aromatic rings. The summed E-state index contributed by atoms with van der Waals surface area (Å²) < 4.78 is 0. The Hall–Kier alpha value is 0. The summed E-state index contributed by atoms with van der Waals surface area (Å²) in [6, 6.07) is 0. The lowest BCUT2D eigenvalue weighted by Crippen LogP contribution is -1.81. The molecular weight excluding hydrogens is 422 g/mol. The van der Waals surface area contributed by atoms with Gasteiger partial charge in [0, 0.05) is 0 Å². The van der Waals surface area contributed by atoms with Crippen LogP contribution in [-0.2, 0) is 0 Å². The maximum Gasteiger partial charge on any atom is 0.503 e. The highest BCUT2D eigenvalue weighted by molar-refractivity contribution is 14.0. The van der Waals surface area contributed by atoms with Crippen molar-refractivity contribution in [3.8, 4) is 0 Å². The third-order valence-electron chi connectivity index (χ3n) is 0. The van der Waals surface area contributed by atoms with Gasteiger partial charge in [-0.1, -0.05) is 20.8 Å². The minimum atomic E-state index is -1.83. The van der Waals surface area contributed by atoms with E-state index in [0.29, 0.717) is 0 Å². The van der Waals surface area contributed by atoms with Crippen LogP contribution in [0.4, 0.5) is 9.59 Å². The monoisotopic (exact) mass is 438 g/mol. The van der Waals surface area contributed by atoms with Crippen LogP contribution in [0.5, 0.6) is 0 Å². The Bertz CT molecular complexity index is 105. The van der Waals surface area contributed by atoms with Crippen molar-refractivity contribution in [2.45, 2.75) is 20.8 Å². The zero-order valence-electron chi connectivity index (χ0n) is 8.00. The molecule has 4 N–H and O–H groups in total. The van der Waals surface area contributed by atoms with Gasteiger partial charge in [0.25, 0.3) is 0 Å². The fraction of sp³-hybridized carbons (Fsp3) is 0.667. The van der Waals surface area contributed by atoms with Gasteiger partial charge in [-0.25, -0.2) is 9.59 Å². The quantitative estimate of drug-likeness (QED) is 0.432. The number of halogens is 2. The van der Waals surface area contributed by atoms with Crippen molar-refractivity contribution in [1.82, 2.24) is 0 Å². The Balaban J connectivity index is -0.0000000270. The highest BCUT2D eigenvalue weighted by Crippen LogP contribution is 1.81.